The Balaban J connectivity index is 1.64. The Hall–Kier alpha value is -3.59. The third-order valence-electron chi connectivity index (χ3n) is 5.17. The average molecular weight is 425 g/mol. The van der Waals surface area contributed by atoms with Crippen LogP contribution in [0.15, 0.2) is 53.5 Å². The summed E-state index contributed by atoms with van der Waals surface area (Å²) < 4.78 is 0. The number of hydrogen-bond acceptors (Lipinski definition) is 6. The largest absolute Gasteiger partial charge is 0.506 e. The predicted octanol–water partition coefficient (Wildman–Crippen LogP) is 2.39. The molecule has 1 saturated heterocycles. The molecular formula is C22H28N6O3. The number of phenols is 1. The molecule has 6 N–H and O–H groups in total. The van der Waals surface area contributed by atoms with Crippen LogP contribution >= 0.6 is 0 Å². The molecule has 9 heteroatoms. The van der Waals surface area contributed by atoms with E-state index in [2.05, 4.69) is 10.3 Å². The number of nitrogens with zero attached hydrogens (tertiary/aromatic N) is 3. The SMILES string of the molecule is CC(=N)N1CCC(N=C(N)c2ccc(O)c(NC(=O)CN(O)c3ccccc3)c2)CC1. The number of aromatic hydroxyl groups is 1. The Morgan fingerprint density at radius 1 is 1.26 bits per heavy atom. The fourth-order valence-electron chi connectivity index (χ4n) is 3.41. The van der Waals surface area contributed by atoms with E-state index in [9.17, 15) is 15.1 Å². The van der Waals surface area contributed by atoms with Gasteiger partial charge in [-0.3, -0.25) is 20.4 Å². The molecule has 3 rings (SSSR count). The molecule has 1 heterocycles. The minimum absolute atomic E-state index is 0.0660. The van der Waals surface area contributed by atoms with Gasteiger partial charge in [0, 0.05) is 18.7 Å². The zero-order valence-corrected chi connectivity index (χ0v) is 17.5. The van der Waals surface area contributed by atoms with Crippen molar-refractivity contribution in [1.82, 2.24) is 4.90 Å². The van der Waals surface area contributed by atoms with E-state index in [0.717, 1.165) is 31.0 Å². The smallest absolute Gasteiger partial charge is 0.246 e. The second kappa shape index (κ2) is 9.94. The number of phenolic OH excluding ortho intramolecular Hbond substituents is 1. The van der Waals surface area contributed by atoms with Gasteiger partial charge in [-0.25, -0.2) is 5.06 Å². The third kappa shape index (κ3) is 5.95. The Morgan fingerprint density at radius 3 is 2.58 bits per heavy atom. The number of para-hydroxylation sites is 1. The van der Waals surface area contributed by atoms with Gasteiger partial charge in [0.2, 0.25) is 5.91 Å². The fraction of sp³-hybridized carbons (Fsp3) is 0.318. The number of nitrogens with two attached hydrogens (primary N) is 1. The number of amidine groups is 2. The molecule has 1 aliphatic heterocycles. The van der Waals surface area contributed by atoms with Crippen molar-refractivity contribution in [2.24, 2.45) is 10.7 Å². The minimum atomic E-state index is -0.497. The zero-order chi connectivity index (χ0) is 22.4. The molecule has 164 valence electrons. The molecule has 2 aromatic rings. The van der Waals surface area contributed by atoms with Crippen molar-refractivity contribution in [3.63, 3.8) is 0 Å². The van der Waals surface area contributed by atoms with Crippen molar-refractivity contribution < 1.29 is 15.1 Å². The van der Waals surface area contributed by atoms with Gasteiger partial charge in [0.15, 0.2) is 0 Å². The highest BCUT2D eigenvalue weighted by Crippen LogP contribution is 2.25. The molecule has 0 atom stereocenters. The van der Waals surface area contributed by atoms with Gasteiger partial charge in [0.05, 0.1) is 23.3 Å². The van der Waals surface area contributed by atoms with E-state index in [0.29, 0.717) is 22.9 Å². The quantitative estimate of drug-likeness (QED) is 0.209. The van der Waals surface area contributed by atoms with Crippen LogP contribution in [0.2, 0.25) is 0 Å². The number of likely N-dealkylation sites (tertiary alicyclic amines) is 1. The van der Waals surface area contributed by atoms with E-state index in [1.165, 1.54) is 6.07 Å². The lowest BCUT2D eigenvalue weighted by Gasteiger charge is -2.31. The summed E-state index contributed by atoms with van der Waals surface area (Å²) in [6.07, 6.45) is 1.62. The Morgan fingerprint density at radius 2 is 1.94 bits per heavy atom. The number of benzene rings is 2. The highest BCUT2D eigenvalue weighted by molar-refractivity contribution is 6.01. The van der Waals surface area contributed by atoms with Crippen molar-refractivity contribution in [3.8, 4) is 5.75 Å². The number of amides is 1. The van der Waals surface area contributed by atoms with Gasteiger partial charge in [-0.1, -0.05) is 18.2 Å². The lowest BCUT2D eigenvalue weighted by Crippen LogP contribution is -2.38. The van der Waals surface area contributed by atoms with Gasteiger partial charge in [0.25, 0.3) is 0 Å². The second-order valence-corrected chi connectivity index (χ2v) is 7.49. The molecule has 31 heavy (non-hydrogen) atoms. The average Bonchev–Trinajstić information content (AvgIpc) is 2.76. The van der Waals surface area contributed by atoms with Crippen molar-refractivity contribution in [2.45, 2.75) is 25.8 Å². The molecule has 0 spiro atoms. The molecule has 9 nitrogen and oxygen atoms in total. The monoisotopic (exact) mass is 424 g/mol. The number of piperidine rings is 1. The summed E-state index contributed by atoms with van der Waals surface area (Å²) in [5.41, 5.74) is 7.44. The van der Waals surface area contributed by atoms with Crippen LogP contribution in [0, 0.1) is 5.41 Å². The van der Waals surface area contributed by atoms with Crippen LogP contribution in [0.25, 0.3) is 0 Å². The number of hydroxylamine groups is 1. The minimum Gasteiger partial charge on any atom is -0.506 e. The van der Waals surface area contributed by atoms with E-state index >= 15 is 0 Å². The van der Waals surface area contributed by atoms with Crippen LogP contribution in [-0.4, -0.2) is 58.5 Å². The van der Waals surface area contributed by atoms with Gasteiger partial charge in [-0.05, 0) is 50.1 Å². The standard InChI is InChI=1S/C22H28N6O3/c1-15(23)27-11-9-17(10-12-27)25-22(24)16-7-8-20(29)19(13-16)26-21(30)14-28(31)18-5-3-2-4-6-18/h2-8,13,17,23,29,31H,9-12,14H2,1H3,(H2,24,25)(H,26,30). The maximum absolute atomic E-state index is 12.3. The summed E-state index contributed by atoms with van der Waals surface area (Å²) in [5.74, 6) is 0.282. The van der Waals surface area contributed by atoms with Crippen LogP contribution in [0.4, 0.5) is 11.4 Å². The highest BCUT2D eigenvalue weighted by Gasteiger charge is 2.19. The predicted molar refractivity (Wildman–Crippen MR) is 121 cm³/mol. The molecule has 1 amide bonds. The summed E-state index contributed by atoms with van der Waals surface area (Å²) >= 11 is 0. The van der Waals surface area contributed by atoms with Crippen LogP contribution < -0.4 is 16.1 Å². The van der Waals surface area contributed by atoms with E-state index in [1.54, 1.807) is 43.3 Å². The fourth-order valence-corrected chi connectivity index (χ4v) is 3.41. The first kappa shape index (κ1) is 22.1. The number of aliphatic imine (C=N–C) groups is 1. The normalized spacial score (nSPS) is 14.9. The van der Waals surface area contributed by atoms with Gasteiger partial charge in [-0.2, -0.15) is 0 Å². The molecule has 1 fully saturated rings. The molecule has 0 aromatic heterocycles. The van der Waals surface area contributed by atoms with Crippen molar-refractivity contribution >= 4 is 29.0 Å². The zero-order valence-electron chi connectivity index (χ0n) is 17.5. The molecule has 1 aliphatic rings. The van der Waals surface area contributed by atoms with Crippen molar-refractivity contribution in [1.29, 1.82) is 5.41 Å². The molecule has 0 radical (unpaired) electrons. The second-order valence-electron chi connectivity index (χ2n) is 7.49. The number of rotatable bonds is 6. The van der Waals surface area contributed by atoms with Crippen molar-refractivity contribution in [2.75, 3.05) is 30.0 Å². The van der Waals surface area contributed by atoms with Crippen LogP contribution in [0.5, 0.6) is 5.75 Å². The number of nitrogens with one attached hydrogen (secondary N) is 2. The molecule has 0 aliphatic carbocycles. The van der Waals surface area contributed by atoms with Crippen molar-refractivity contribution in [3.05, 3.63) is 54.1 Å². The lowest BCUT2D eigenvalue weighted by molar-refractivity contribution is -0.115. The van der Waals surface area contributed by atoms with Crippen LogP contribution in [0.1, 0.15) is 25.3 Å². The Kier molecular flexibility index (Phi) is 7.09. The first-order valence-corrected chi connectivity index (χ1v) is 10.1. The number of carbonyl (C=O) groups excluding carboxylic acids is 1. The summed E-state index contributed by atoms with van der Waals surface area (Å²) in [7, 11) is 0. The van der Waals surface area contributed by atoms with Gasteiger partial charge in [-0.15, -0.1) is 0 Å². The summed E-state index contributed by atoms with van der Waals surface area (Å²) in [5, 5.41) is 31.3. The van der Waals surface area contributed by atoms with Gasteiger partial charge >= 0.3 is 0 Å². The lowest BCUT2D eigenvalue weighted by atomic mass is 10.1. The highest BCUT2D eigenvalue weighted by atomic mass is 16.5. The first-order valence-electron chi connectivity index (χ1n) is 10.1. The van der Waals surface area contributed by atoms with Crippen LogP contribution in [-0.2, 0) is 4.79 Å². The van der Waals surface area contributed by atoms with Crippen LogP contribution in [0.3, 0.4) is 0 Å². The molecule has 2 aromatic carbocycles. The molecular weight excluding hydrogens is 396 g/mol. The summed E-state index contributed by atoms with van der Waals surface area (Å²) in [6.45, 7) is 3.02. The summed E-state index contributed by atoms with van der Waals surface area (Å²) in [6, 6.07) is 13.4. The number of anilines is 2. The summed E-state index contributed by atoms with van der Waals surface area (Å²) in [4.78, 5) is 18.9. The maximum Gasteiger partial charge on any atom is 0.246 e. The van der Waals surface area contributed by atoms with E-state index in [-0.39, 0.29) is 24.0 Å². The van der Waals surface area contributed by atoms with Gasteiger partial charge in [0.1, 0.15) is 18.1 Å². The Labute approximate surface area is 181 Å². The molecule has 0 unspecified atom stereocenters. The third-order valence-corrected chi connectivity index (χ3v) is 5.17. The topological polar surface area (TPSA) is 138 Å². The van der Waals surface area contributed by atoms with Gasteiger partial charge < -0.3 is 21.1 Å². The maximum atomic E-state index is 12.3. The number of hydrogen-bond donors (Lipinski definition) is 5. The molecule has 0 bridgehead atoms. The molecule has 0 saturated carbocycles. The first-order chi connectivity index (χ1) is 14.8. The van der Waals surface area contributed by atoms with E-state index in [1.807, 2.05) is 11.0 Å². The number of carbonyl (C=O) groups is 1. The Bertz CT molecular complexity index is 955. The van der Waals surface area contributed by atoms with E-state index < -0.39 is 5.91 Å². The van der Waals surface area contributed by atoms with E-state index in [4.69, 9.17) is 11.1 Å².